The van der Waals surface area contributed by atoms with Crippen LogP contribution in [-0.4, -0.2) is 69.8 Å². The zero-order valence-electron chi connectivity index (χ0n) is 30.9. The average molecular weight is 805 g/mol. The van der Waals surface area contributed by atoms with Gasteiger partial charge in [0.15, 0.2) is 0 Å². The maximum Gasteiger partial charge on any atom is 0.425 e. The van der Waals surface area contributed by atoms with Gasteiger partial charge in [0.2, 0.25) is 5.60 Å². The van der Waals surface area contributed by atoms with E-state index in [1.807, 2.05) is 6.07 Å². The molecule has 2 amide bonds. The highest BCUT2D eigenvalue weighted by molar-refractivity contribution is 7.10. The van der Waals surface area contributed by atoms with E-state index in [9.17, 15) is 41.2 Å². The quantitative estimate of drug-likeness (QED) is 0.189. The maximum atomic E-state index is 15.0. The van der Waals surface area contributed by atoms with Crippen molar-refractivity contribution in [2.75, 3.05) is 19.6 Å². The topological polar surface area (TPSA) is 113 Å². The third kappa shape index (κ3) is 8.10. The van der Waals surface area contributed by atoms with Gasteiger partial charge in [-0.25, -0.2) is 0 Å². The summed E-state index contributed by atoms with van der Waals surface area (Å²) in [5.74, 6) is -1.44. The number of pyridine rings is 1. The lowest BCUT2D eigenvalue weighted by Crippen LogP contribution is -2.68. The van der Waals surface area contributed by atoms with E-state index in [1.54, 1.807) is 32.0 Å². The number of carbonyl (C=O) groups is 3. The summed E-state index contributed by atoms with van der Waals surface area (Å²) in [5, 5.41) is 11.8. The third-order valence-corrected chi connectivity index (χ3v) is 12.2. The molecule has 6 rings (SSSR count). The van der Waals surface area contributed by atoms with Gasteiger partial charge in [-0.05, 0) is 70.1 Å². The molecule has 1 saturated carbocycles. The Labute approximate surface area is 324 Å². The fourth-order valence-electron chi connectivity index (χ4n) is 8.44. The molecule has 56 heavy (non-hydrogen) atoms. The van der Waals surface area contributed by atoms with E-state index in [0.717, 1.165) is 34.7 Å². The first-order valence-corrected chi connectivity index (χ1v) is 19.6. The van der Waals surface area contributed by atoms with E-state index in [0.29, 0.717) is 48.3 Å². The molecular formula is C40H42F6N4O5S. The van der Waals surface area contributed by atoms with E-state index < -0.39 is 57.4 Å². The molecule has 0 spiro atoms. The Morgan fingerprint density at radius 3 is 2.36 bits per heavy atom. The highest BCUT2D eigenvalue weighted by atomic mass is 32.1. The zero-order valence-corrected chi connectivity index (χ0v) is 31.7. The molecule has 3 aromatic rings. The number of aromatic nitrogens is 1. The summed E-state index contributed by atoms with van der Waals surface area (Å²) < 4.78 is 96.2. The Morgan fingerprint density at radius 1 is 1.00 bits per heavy atom. The van der Waals surface area contributed by atoms with Crippen molar-refractivity contribution in [3.05, 3.63) is 75.7 Å². The van der Waals surface area contributed by atoms with Crippen molar-refractivity contribution in [3.63, 3.8) is 0 Å². The van der Waals surface area contributed by atoms with Gasteiger partial charge in [-0.15, -0.1) is 11.3 Å². The molecular weight excluding hydrogens is 763 g/mol. The lowest BCUT2D eigenvalue weighted by atomic mass is 9.72. The smallest absolute Gasteiger partial charge is 0.425 e. The number of ether oxygens (including phenoxy) is 2. The number of piperidine rings is 2. The average Bonchev–Trinajstić information content (AvgIpc) is 3.85. The van der Waals surface area contributed by atoms with Crippen LogP contribution in [0.15, 0.2) is 54.0 Å². The number of likely N-dealkylation sites (tertiary alicyclic amines) is 2. The fraction of sp³-hybridized carbons (Fsp3) is 0.525. The van der Waals surface area contributed by atoms with Gasteiger partial charge in [0.1, 0.15) is 27.9 Å². The number of hydrogen-bond acceptors (Lipinski definition) is 8. The van der Waals surface area contributed by atoms with E-state index in [4.69, 9.17) is 9.47 Å². The molecule has 0 radical (unpaired) electrons. The second kappa shape index (κ2) is 16.1. The monoisotopic (exact) mass is 804 g/mol. The van der Waals surface area contributed by atoms with Crippen molar-refractivity contribution in [3.8, 4) is 17.6 Å². The van der Waals surface area contributed by atoms with Crippen LogP contribution in [0.1, 0.15) is 98.1 Å². The van der Waals surface area contributed by atoms with Crippen LogP contribution in [0.25, 0.3) is 0 Å². The van der Waals surface area contributed by atoms with Crippen LogP contribution in [0.2, 0.25) is 0 Å². The molecule has 3 aliphatic rings. The molecule has 1 aromatic carbocycles. The molecule has 0 N–H and O–H groups in total. The number of nitriles is 1. The molecule has 3 fully saturated rings. The van der Waals surface area contributed by atoms with Crippen LogP contribution in [0.4, 0.5) is 26.3 Å². The van der Waals surface area contributed by atoms with Crippen LogP contribution >= 0.6 is 11.3 Å². The van der Waals surface area contributed by atoms with Crippen molar-refractivity contribution in [1.29, 1.82) is 5.26 Å². The minimum atomic E-state index is -4.91. The first-order valence-electron chi connectivity index (χ1n) is 18.7. The molecule has 9 nitrogen and oxygen atoms in total. The molecule has 2 aromatic heterocycles. The third-order valence-electron chi connectivity index (χ3n) is 11.3. The number of carbonyl (C=O) groups excluding carboxylic acids is 3. The number of alkyl halides is 6. The molecule has 4 atom stereocenters. The normalized spacial score (nSPS) is 24.0. The number of halogens is 6. The minimum absolute atomic E-state index is 0.0321. The number of Topliss-reactive ketones (excluding diaryl/α,β-unsaturated/α-hetero) is 1. The fourth-order valence-corrected chi connectivity index (χ4v) is 9.11. The summed E-state index contributed by atoms with van der Waals surface area (Å²) in [4.78, 5) is 46.6. The number of hydrogen-bond donors (Lipinski definition) is 0. The second-order valence-corrected chi connectivity index (χ2v) is 15.7. The molecule has 2 aliphatic heterocycles. The van der Waals surface area contributed by atoms with Gasteiger partial charge < -0.3 is 19.3 Å². The van der Waals surface area contributed by atoms with E-state index in [1.165, 1.54) is 4.90 Å². The highest BCUT2D eigenvalue weighted by Crippen LogP contribution is 2.45. The number of para-hydroxylation sites is 1. The molecule has 300 valence electrons. The molecule has 1 aliphatic carbocycles. The Kier molecular flexibility index (Phi) is 11.8. The lowest BCUT2D eigenvalue weighted by Gasteiger charge is -2.51. The maximum absolute atomic E-state index is 15.0. The Hall–Kier alpha value is -4.65. The van der Waals surface area contributed by atoms with Gasteiger partial charge in [-0.1, -0.05) is 31.5 Å². The first-order chi connectivity index (χ1) is 26.5. The Bertz CT molecular complexity index is 1970. The molecule has 4 heterocycles. The van der Waals surface area contributed by atoms with E-state index in [-0.39, 0.29) is 75.3 Å². The number of thiophene rings is 1. The van der Waals surface area contributed by atoms with Crippen molar-refractivity contribution in [2.45, 2.75) is 107 Å². The van der Waals surface area contributed by atoms with Gasteiger partial charge in [0.25, 0.3) is 11.8 Å². The van der Waals surface area contributed by atoms with Gasteiger partial charge in [0, 0.05) is 55.2 Å². The van der Waals surface area contributed by atoms with E-state index >= 15 is 4.79 Å². The Morgan fingerprint density at radius 2 is 1.73 bits per heavy atom. The summed E-state index contributed by atoms with van der Waals surface area (Å²) in [6.45, 7) is 3.34. The van der Waals surface area contributed by atoms with Crippen molar-refractivity contribution >= 4 is 28.9 Å². The number of benzene rings is 1. The first kappa shape index (κ1) is 41.0. The van der Waals surface area contributed by atoms with Crippen LogP contribution in [0.3, 0.4) is 0 Å². The van der Waals surface area contributed by atoms with Crippen molar-refractivity contribution in [2.24, 2.45) is 5.92 Å². The number of ketones is 1. The summed E-state index contributed by atoms with van der Waals surface area (Å²) >= 11 is 0.373. The number of amides is 2. The van der Waals surface area contributed by atoms with E-state index in [2.05, 4.69) is 11.1 Å². The zero-order chi connectivity index (χ0) is 40.5. The summed E-state index contributed by atoms with van der Waals surface area (Å²) in [6.07, 6.45) is -5.99. The Balaban J connectivity index is 1.33. The van der Waals surface area contributed by atoms with Crippen molar-refractivity contribution in [1.82, 2.24) is 14.8 Å². The van der Waals surface area contributed by atoms with Gasteiger partial charge in [-0.2, -0.15) is 31.6 Å². The van der Waals surface area contributed by atoms with Crippen molar-refractivity contribution < 1.29 is 50.2 Å². The molecule has 16 heteroatoms. The predicted octanol–water partition coefficient (Wildman–Crippen LogP) is 8.62. The lowest BCUT2D eigenvalue weighted by molar-refractivity contribution is -0.160. The largest absolute Gasteiger partial charge is 0.490 e. The van der Waals surface area contributed by atoms with Crippen LogP contribution in [0.5, 0.6) is 11.5 Å². The summed E-state index contributed by atoms with van der Waals surface area (Å²) in [7, 11) is 0. The van der Waals surface area contributed by atoms with Gasteiger partial charge >= 0.3 is 12.4 Å². The number of rotatable bonds is 10. The second-order valence-electron chi connectivity index (χ2n) is 14.8. The summed E-state index contributed by atoms with van der Waals surface area (Å²) in [6, 6.07) is 11.0. The summed E-state index contributed by atoms with van der Waals surface area (Å²) in [5.41, 5.74) is -4.54. The van der Waals surface area contributed by atoms with Gasteiger partial charge in [-0.3, -0.25) is 19.4 Å². The van der Waals surface area contributed by atoms with Crippen LogP contribution in [0, 0.1) is 17.2 Å². The van der Waals surface area contributed by atoms with Crippen LogP contribution < -0.4 is 9.47 Å². The highest BCUT2D eigenvalue weighted by Gasteiger charge is 2.57. The molecule has 0 bridgehead atoms. The standard InChI is InChI=1S/C40H42F6N4O5S/c1-3-8-32-38(55-28-22-33(56-23-28)40(44,45)46,14-7-18-50(32)35(52)34-30(39(41,42)43)10-6-17-48-34)36(53)49-19-15-37(24-47,16-20-49)29-9-4-5-11-31(29)54-27-13-12-26(21-27)25(2)51/h4-6,9-11,17,22-23,26-27,32H,3,7-8,12-16,18-21H2,1-2H3/t26-,27-,32+,38-/m0/s1. The SMILES string of the molecule is CCC[C@H]1N(C(=O)c2ncccc2C(F)(F)F)CCC[C@@]1(Oc1csc(C(F)(F)F)c1)C(=O)N1CCC(C#N)(c2ccccc2O[C@H]2CC[C@H](C(C)=O)C2)CC1. The molecule has 2 saturated heterocycles. The van der Waals surface area contributed by atoms with Crippen LogP contribution in [-0.2, 0) is 27.4 Å². The molecule has 0 unspecified atom stereocenters. The number of nitrogens with zero attached hydrogens (tertiary/aromatic N) is 4. The minimum Gasteiger partial charge on any atom is -0.490 e. The predicted molar refractivity (Wildman–Crippen MR) is 193 cm³/mol. The van der Waals surface area contributed by atoms with Gasteiger partial charge in [0.05, 0.1) is 29.2 Å².